The molecule has 0 fully saturated rings. The Morgan fingerprint density at radius 2 is 2.12 bits per heavy atom. The van der Waals surface area contributed by atoms with Gasteiger partial charge in [0.25, 0.3) is 0 Å². The number of ether oxygens (including phenoxy) is 2. The van der Waals surface area contributed by atoms with E-state index in [2.05, 4.69) is 5.32 Å². The summed E-state index contributed by atoms with van der Waals surface area (Å²) in [6.45, 7) is 3.86. The van der Waals surface area contributed by atoms with Gasteiger partial charge in [-0.3, -0.25) is 4.21 Å². The van der Waals surface area contributed by atoms with Crippen molar-refractivity contribution < 1.29 is 18.8 Å². The van der Waals surface area contributed by atoms with Gasteiger partial charge in [-0.25, -0.2) is 0 Å². The number of aliphatic hydroxyl groups excluding tert-OH is 1. The number of aliphatic hydroxyl groups is 1. The molecular weight excluding hydrogens is 242 g/mol. The fourth-order valence-electron chi connectivity index (χ4n) is 1.20. The summed E-state index contributed by atoms with van der Waals surface area (Å²) in [7, 11) is 0.863. The van der Waals surface area contributed by atoms with Crippen LogP contribution in [-0.4, -0.2) is 66.9 Å². The number of hydrogen-bond donors (Lipinski definition) is 2. The maximum Gasteiger partial charge on any atom is 0.0897 e. The van der Waals surface area contributed by atoms with Crippen LogP contribution in [0.5, 0.6) is 0 Å². The van der Waals surface area contributed by atoms with Crippen LogP contribution < -0.4 is 5.32 Å². The lowest BCUT2D eigenvalue weighted by molar-refractivity contribution is 0.0130. The topological polar surface area (TPSA) is 67.8 Å². The normalized spacial score (nSPS) is 16.7. The summed E-state index contributed by atoms with van der Waals surface area (Å²) in [4.78, 5) is 0. The quantitative estimate of drug-likeness (QED) is 0.506. The first kappa shape index (κ1) is 17.0. The molecule has 17 heavy (non-hydrogen) atoms. The second-order valence-electron chi connectivity index (χ2n) is 4.10. The smallest absolute Gasteiger partial charge is 0.0897 e. The molecule has 0 rings (SSSR count). The van der Waals surface area contributed by atoms with E-state index in [1.165, 1.54) is 0 Å². The summed E-state index contributed by atoms with van der Waals surface area (Å²) in [5.41, 5.74) is 0. The Bertz CT molecular complexity index is 204. The van der Waals surface area contributed by atoms with Crippen molar-refractivity contribution in [3.63, 3.8) is 0 Å². The molecule has 2 N–H and O–H groups in total. The lowest BCUT2D eigenvalue weighted by atomic mass is 10.2. The lowest BCUT2D eigenvalue weighted by Gasteiger charge is -2.16. The van der Waals surface area contributed by atoms with Gasteiger partial charge in [0.2, 0.25) is 0 Å². The monoisotopic (exact) mass is 267 g/mol. The second-order valence-corrected chi connectivity index (χ2v) is 5.65. The predicted molar refractivity (Wildman–Crippen MR) is 69.7 cm³/mol. The van der Waals surface area contributed by atoms with Gasteiger partial charge in [0, 0.05) is 42.5 Å². The van der Waals surface area contributed by atoms with Crippen LogP contribution in [0.1, 0.15) is 13.3 Å². The minimum Gasteiger partial charge on any atom is -0.389 e. The molecule has 6 heteroatoms. The molecule has 0 aliphatic rings. The molecule has 0 spiro atoms. The van der Waals surface area contributed by atoms with Crippen LogP contribution in [0.15, 0.2) is 0 Å². The van der Waals surface area contributed by atoms with Gasteiger partial charge < -0.3 is 19.9 Å². The molecule has 104 valence electrons. The first-order valence-corrected chi connectivity index (χ1v) is 7.57. The molecule has 0 aliphatic carbocycles. The summed E-state index contributed by atoms with van der Waals surface area (Å²) in [5.74, 6) is 0.689. The minimum atomic E-state index is -0.749. The highest BCUT2D eigenvalue weighted by Gasteiger charge is 2.07. The van der Waals surface area contributed by atoms with Crippen molar-refractivity contribution in [2.45, 2.75) is 25.5 Å². The summed E-state index contributed by atoms with van der Waals surface area (Å²) in [6, 6.07) is 0.257. The van der Waals surface area contributed by atoms with Gasteiger partial charge in [-0.1, -0.05) is 0 Å². The summed E-state index contributed by atoms with van der Waals surface area (Å²) < 4.78 is 20.9. The van der Waals surface area contributed by atoms with Gasteiger partial charge in [0.15, 0.2) is 0 Å². The molecule has 0 aliphatic heterocycles. The van der Waals surface area contributed by atoms with E-state index in [4.69, 9.17) is 9.47 Å². The van der Waals surface area contributed by atoms with Gasteiger partial charge in [-0.2, -0.15) is 0 Å². The first-order chi connectivity index (χ1) is 8.06. The molecule has 3 unspecified atom stereocenters. The van der Waals surface area contributed by atoms with E-state index in [0.717, 1.165) is 6.42 Å². The second kappa shape index (κ2) is 11.1. The van der Waals surface area contributed by atoms with E-state index in [1.54, 1.807) is 13.4 Å². The molecule has 0 amide bonds. The van der Waals surface area contributed by atoms with Crippen molar-refractivity contribution in [3.05, 3.63) is 0 Å². The highest BCUT2D eigenvalue weighted by molar-refractivity contribution is 7.84. The van der Waals surface area contributed by atoms with Crippen molar-refractivity contribution in [3.8, 4) is 0 Å². The number of rotatable bonds is 11. The van der Waals surface area contributed by atoms with E-state index in [1.807, 2.05) is 6.92 Å². The molecule has 0 aromatic heterocycles. The van der Waals surface area contributed by atoms with Gasteiger partial charge in [-0.05, 0) is 13.3 Å². The van der Waals surface area contributed by atoms with E-state index >= 15 is 0 Å². The summed E-state index contributed by atoms with van der Waals surface area (Å²) in [6.07, 6.45) is 2.03. The Labute approximate surface area is 106 Å². The Morgan fingerprint density at radius 3 is 2.71 bits per heavy atom. The average molecular weight is 267 g/mol. The molecule has 0 saturated carbocycles. The molecule has 0 saturated heterocycles. The van der Waals surface area contributed by atoms with Crippen LogP contribution in [-0.2, 0) is 20.3 Å². The molecule has 0 aromatic rings. The Morgan fingerprint density at radius 1 is 1.41 bits per heavy atom. The van der Waals surface area contributed by atoms with E-state index < -0.39 is 16.9 Å². The van der Waals surface area contributed by atoms with Crippen molar-refractivity contribution >= 4 is 10.8 Å². The van der Waals surface area contributed by atoms with Crippen LogP contribution in [0.25, 0.3) is 0 Å². The third-order valence-electron chi connectivity index (χ3n) is 2.28. The van der Waals surface area contributed by atoms with Gasteiger partial charge >= 0.3 is 0 Å². The zero-order valence-electron chi connectivity index (χ0n) is 11.0. The number of nitrogens with one attached hydrogen (secondary N) is 1. The molecule has 3 atom stereocenters. The van der Waals surface area contributed by atoms with Gasteiger partial charge in [-0.15, -0.1) is 0 Å². The summed E-state index contributed by atoms with van der Waals surface area (Å²) in [5, 5.41) is 12.8. The van der Waals surface area contributed by atoms with Crippen LogP contribution in [0.2, 0.25) is 0 Å². The zero-order valence-corrected chi connectivity index (χ0v) is 11.8. The average Bonchev–Trinajstić information content (AvgIpc) is 2.29. The van der Waals surface area contributed by atoms with Crippen molar-refractivity contribution in [1.82, 2.24) is 5.32 Å². The highest BCUT2D eigenvalue weighted by atomic mass is 32.2. The number of methoxy groups -OCH3 is 1. The SMILES string of the molecule is COCCOCC(O)CNC(C)CCS(C)=O. The maximum absolute atomic E-state index is 10.9. The predicted octanol–water partition coefficient (Wildman–Crippen LogP) is -0.243. The minimum absolute atomic E-state index is 0.257. The van der Waals surface area contributed by atoms with Crippen LogP contribution >= 0.6 is 0 Å². The van der Waals surface area contributed by atoms with Crippen LogP contribution in [0.3, 0.4) is 0 Å². The molecule has 0 aromatic carbocycles. The van der Waals surface area contributed by atoms with Crippen LogP contribution in [0, 0.1) is 0 Å². The lowest BCUT2D eigenvalue weighted by Crippen LogP contribution is -2.36. The molecule has 0 heterocycles. The van der Waals surface area contributed by atoms with E-state index in [-0.39, 0.29) is 6.04 Å². The largest absolute Gasteiger partial charge is 0.389 e. The van der Waals surface area contributed by atoms with Crippen molar-refractivity contribution in [2.75, 3.05) is 45.5 Å². The Hall–Kier alpha value is -0.0100. The standard InChI is InChI=1S/C11H25NO4S/c1-10(4-7-17(3)14)12-8-11(13)9-16-6-5-15-2/h10-13H,4-9H2,1-3H3. The van der Waals surface area contributed by atoms with E-state index in [0.29, 0.717) is 32.1 Å². The van der Waals surface area contributed by atoms with E-state index in [9.17, 15) is 9.32 Å². The summed E-state index contributed by atoms with van der Waals surface area (Å²) >= 11 is 0. The molecular formula is C11H25NO4S. The highest BCUT2D eigenvalue weighted by Crippen LogP contribution is 1.93. The van der Waals surface area contributed by atoms with Crippen LogP contribution in [0.4, 0.5) is 0 Å². The number of hydrogen-bond acceptors (Lipinski definition) is 5. The third-order valence-corrected chi connectivity index (χ3v) is 3.09. The first-order valence-electron chi connectivity index (χ1n) is 5.84. The fraction of sp³-hybridized carbons (Fsp3) is 1.00. The fourth-order valence-corrected chi connectivity index (χ4v) is 1.89. The zero-order chi connectivity index (χ0) is 13.1. The van der Waals surface area contributed by atoms with Gasteiger partial charge in [0.1, 0.15) is 0 Å². The Kier molecular flexibility index (Phi) is 11.1. The Balaban J connectivity index is 3.41. The molecule has 0 radical (unpaired) electrons. The van der Waals surface area contributed by atoms with Crippen molar-refractivity contribution in [2.24, 2.45) is 0 Å². The maximum atomic E-state index is 10.9. The molecule has 0 bridgehead atoms. The third kappa shape index (κ3) is 12.2. The van der Waals surface area contributed by atoms with Gasteiger partial charge in [0.05, 0.1) is 25.9 Å². The van der Waals surface area contributed by atoms with Crippen molar-refractivity contribution in [1.29, 1.82) is 0 Å². The molecule has 5 nitrogen and oxygen atoms in total.